The van der Waals surface area contributed by atoms with Crippen LogP contribution in [0.15, 0.2) is 41.6 Å². The molecule has 1 heterocycles. The Morgan fingerprint density at radius 1 is 1.25 bits per heavy atom. The van der Waals surface area contributed by atoms with Gasteiger partial charge in [-0.05, 0) is 18.2 Å². The van der Waals surface area contributed by atoms with Gasteiger partial charge < -0.3 is 10.8 Å². The molecular formula is C11H11N3OS. The summed E-state index contributed by atoms with van der Waals surface area (Å²) in [5, 5.41) is 9.29. The molecule has 1 aromatic heterocycles. The zero-order valence-corrected chi connectivity index (χ0v) is 9.31. The standard InChI is InChI=1S/C11H11N3OS/c12-11-6-13-8(5-14-11)7-16-10-3-1-2-9(15)4-10/h1-6,15H,7H2,(H2,12,14). The van der Waals surface area contributed by atoms with E-state index in [0.29, 0.717) is 11.6 Å². The van der Waals surface area contributed by atoms with Crippen molar-refractivity contribution in [2.24, 2.45) is 0 Å². The summed E-state index contributed by atoms with van der Waals surface area (Å²) < 4.78 is 0. The molecule has 2 rings (SSSR count). The van der Waals surface area contributed by atoms with E-state index in [2.05, 4.69) is 9.97 Å². The molecule has 0 aliphatic carbocycles. The summed E-state index contributed by atoms with van der Waals surface area (Å²) in [5.41, 5.74) is 6.30. The minimum absolute atomic E-state index is 0.272. The SMILES string of the molecule is Nc1cnc(CSc2cccc(O)c2)cn1. The summed E-state index contributed by atoms with van der Waals surface area (Å²) >= 11 is 1.59. The predicted octanol–water partition coefficient (Wildman–Crippen LogP) is 2.06. The zero-order chi connectivity index (χ0) is 11.4. The molecule has 1 aromatic carbocycles. The Labute approximate surface area is 97.5 Å². The lowest BCUT2D eigenvalue weighted by atomic mass is 10.3. The van der Waals surface area contributed by atoms with E-state index >= 15 is 0 Å². The van der Waals surface area contributed by atoms with Gasteiger partial charge in [-0.1, -0.05) is 6.07 Å². The van der Waals surface area contributed by atoms with Crippen LogP contribution >= 0.6 is 11.8 Å². The summed E-state index contributed by atoms with van der Waals surface area (Å²) in [6.07, 6.45) is 3.20. The molecule has 0 bridgehead atoms. The van der Waals surface area contributed by atoms with Crippen molar-refractivity contribution in [2.45, 2.75) is 10.6 Å². The van der Waals surface area contributed by atoms with Gasteiger partial charge in [0.15, 0.2) is 0 Å². The number of benzene rings is 1. The van der Waals surface area contributed by atoms with Crippen LogP contribution in [-0.4, -0.2) is 15.1 Å². The Balaban J connectivity index is 1.99. The number of nitrogens with two attached hydrogens (primary N) is 1. The smallest absolute Gasteiger partial charge is 0.141 e. The maximum Gasteiger partial charge on any atom is 0.141 e. The summed E-state index contributed by atoms with van der Waals surface area (Å²) in [4.78, 5) is 9.11. The second-order valence-corrected chi connectivity index (χ2v) is 4.27. The van der Waals surface area contributed by atoms with Crippen molar-refractivity contribution in [3.05, 3.63) is 42.4 Å². The van der Waals surface area contributed by atoms with E-state index in [4.69, 9.17) is 5.73 Å². The lowest BCUT2D eigenvalue weighted by molar-refractivity contribution is 0.474. The van der Waals surface area contributed by atoms with E-state index in [0.717, 1.165) is 10.6 Å². The molecule has 4 nitrogen and oxygen atoms in total. The largest absolute Gasteiger partial charge is 0.508 e. The highest BCUT2D eigenvalue weighted by Crippen LogP contribution is 2.24. The van der Waals surface area contributed by atoms with Crippen molar-refractivity contribution >= 4 is 17.6 Å². The molecule has 0 saturated heterocycles. The highest BCUT2D eigenvalue weighted by atomic mass is 32.2. The third kappa shape index (κ3) is 2.87. The average Bonchev–Trinajstić information content (AvgIpc) is 2.28. The number of aromatic hydroxyl groups is 1. The van der Waals surface area contributed by atoms with Crippen LogP contribution in [0, 0.1) is 0 Å². The molecule has 82 valence electrons. The van der Waals surface area contributed by atoms with Crippen molar-refractivity contribution in [3.8, 4) is 5.75 Å². The highest BCUT2D eigenvalue weighted by molar-refractivity contribution is 7.98. The number of nitrogen functional groups attached to an aromatic ring is 1. The number of nitrogens with zero attached hydrogens (tertiary/aromatic N) is 2. The summed E-state index contributed by atoms with van der Waals surface area (Å²) in [7, 11) is 0. The van der Waals surface area contributed by atoms with Gasteiger partial charge in [-0.3, -0.25) is 4.98 Å². The molecule has 0 radical (unpaired) electrons. The first kappa shape index (κ1) is 10.8. The molecule has 2 aromatic rings. The number of hydrogen-bond acceptors (Lipinski definition) is 5. The number of phenols is 1. The number of hydrogen-bond donors (Lipinski definition) is 2. The van der Waals surface area contributed by atoms with Gasteiger partial charge in [0.1, 0.15) is 11.6 Å². The monoisotopic (exact) mass is 233 g/mol. The van der Waals surface area contributed by atoms with Gasteiger partial charge in [0.05, 0.1) is 18.1 Å². The fraction of sp³-hybridized carbons (Fsp3) is 0.0909. The van der Waals surface area contributed by atoms with E-state index in [-0.39, 0.29) is 5.75 Å². The Morgan fingerprint density at radius 3 is 2.81 bits per heavy atom. The second kappa shape index (κ2) is 4.85. The number of anilines is 1. The minimum atomic E-state index is 0.272. The van der Waals surface area contributed by atoms with Crippen LogP contribution in [0.4, 0.5) is 5.82 Å². The van der Waals surface area contributed by atoms with Crippen LogP contribution in [0.25, 0.3) is 0 Å². The molecule has 0 aliphatic rings. The molecule has 0 amide bonds. The lowest BCUT2D eigenvalue weighted by Crippen LogP contribution is -1.94. The van der Waals surface area contributed by atoms with Crippen molar-refractivity contribution in [1.82, 2.24) is 9.97 Å². The van der Waals surface area contributed by atoms with E-state index in [1.54, 1.807) is 36.3 Å². The van der Waals surface area contributed by atoms with E-state index in [1.165, 1.54) is 0 Å². The molecular weight excluding hydrogens is 222 g/mol. The second-order valence-electron chi connectivity index (χ2n) is 3.22. The summed E-state index contributed by atoms with van der Waals surface area (Å²) in [6.45, 7) is 0. The maximum absolute atomic E-state index is 9.29. The van der Waals surface area contributed by atoms with Crippen molar-refractivity contribution < 1.29 is 5.11 Å². The first-order valence-electron chi connectivity index (χ1n) is 4.72. The number of phenolic OH excluding ortho intramolecular Hbond substituents is 1. The fourth-order valence-electron chi connectivity index (χ4n) is 1.17. The van der Waals surface area contributed by atoms with Gasteiger partial charge in [0, 0.05) is 10.6 Å². The van der Waals surface area contributed by atoms with E-state index in [9.17, 15) is 5.11 Å². The molecule has 0 fully saturated rings. The van der Waals surface area contributed by atoms with Crippen LogP contribution < -0.4 is 5.73 Å². The summed E-state index contributed by atoms with van der Waals surface area (Å²) in [6, 6.07) is 7.12. The molecule has 3 N–H and O–H groups in total. The topological polar surface area (TPSA) is 72.0 Å². The van der Waals surface area contributed by atoms with Gasteiger partial charge in [0.25, 0.3) is 0 Å². The molecule has 5 heteroatoms. The van der Waals surface area contributed by atoms with Gasteiger partial charge in [0.2, 0.25) is 0 Å². The van der Waals surface area contributed by atoms with Crippen molar-refractivity contribution in [1.29, 1.82) is 0 Å². The number of thioether (sulfide) groups is 1. The first-order chi connectivity index (χ1) is 7.74. The van der Waals surface area contributed by atoms with Gasteiger partial charge in [-0.2, -0.15) is 0 Å². The average molecular weight is 233 g/mol. The molecule has 0 aliphatic heterocycles. The van der Waals surface area contributed by atoms with Gasteiger partial charge in [-0.25, -0.2) is 4.98 Å². The van der Waals surface area contributed by atoms with Crippen LogP contribution in [0.2, 0.25) is 0 Å². The van der Waals surface area contributed by atoms with Crippen LogP contribution in [-0.2, 0) is 5.75 Å². The maximum atomic E-state index is 9.29. The van der Waals surface area contributed by atoms with E-state index in [1.807, 2.05) is 12.1 Å². The normalized spacial score (nSPS) is 10.2. The Bertz CT molecular complexity index is 473. The predicted molar refractivity (Wildman–Crippen MR) is 64.1 cm³/mol. The van der Waals surface area contributed by atoms with Crippen LogP contribution in [0.5, 0.6) is 5.75 Å². The zero-order valence-electron chi connectivity index (χ0n) is 8.50. The van der Waals surface area contributed by atoms with Crippen molar-refractivity contribution in [2.75, 3.05) is 5.73 Å². The number of aromatic nitrogens is 2. The molecule has 0 saturated carbocycles. The Hall–Kier alpha value is -1.75. The Kier molecular flexibility index (Phi) is 3.26. The summed E-state index contributed by atoms with van der Waals surface area (Å²) in [5.74, 6) is 1.40. The van der Waals surface area contributed by atoms with Crippen LogP contribution in [0.3, 0.4) is 0 Å². The third-order valence-electron chi connectivity index (χ3n) is 1.93. The minimum Gasteiger partial charge on any atom is -0.508 e. The number of rotatable bonds is 3. The fourth-order valence-corrected chi connectivity index (χ4v) is 2.01. The van der Waals surface area contributed by atoms with E-state index < -0.39 is 0 Å². The quantitative estimate of drug-likeness (QED) is 0.794. The molecule has 0 atom stereocenters. The van der Waals surface area contributed by atoms with Crippen LogP contribution in [0.1, 0.15) is 5.69 Å². The Morgan fingerprint density at radius 2 is 2.12 bits per heavy atom. The highest BCUT2D eigenvalue weighted by Gasteiger charge is 1.99. The first-order valence-corrected chi connectivity index (χ1v) is 5.71. The lowest BCUT2D eigenvalue weighted by Gasteiger charge is -2.01. The molecule has 0 unspecified atom stereocenters. The molecule has 0 spiro atoms. The third-order valence-corrected chi connectivity index (χ3v) is 2.96. The van der Waals surface area contributed by atoms with Gasteiger partial charge in [-0.15, -0.1) is 11.8 Å². The van der Waals surface area contributed by atoms with Crippen molar-refractivity contribution in [3.63, 3.8) is 0 Å². The molecule has 16 heavy (non-hydrogen) atoms. The van der Waals surface area contributed by atoms with Gasteiger partial charge >= 0.3 is 0 Å².